The minimum atomic E-state index is -0.443. The Labute approximate surface area is 98.9 Å². The number of hydrogen-bond acceptors (Lipinski definition) is 4. The second-order valence-electron chi connectivity index (χ2n) is 3.63. The SMILES string of the molecule is CCc1c(C(N)CO)cc2c(c1Cl)OCO2. The van der Waals surface area contributed by atoms with Gasteiger partial charge in [0.05, 0.1) is 17.7 Å². The Morgan fingerprint density at radius 3 is 2.94 bits per heavy atom. The lowest BCUT2D eigenvalue weighted by Gasteiger charge is -2.16. The molecule has 0 bridgehead atoms. The third-order valence-electron chi connectivity index (χ3n) is 2.69. The van der Waals surface area contributed by atoms with Gasteiger partial charge in [-0.05, 0) is 23.6 Å². The van der Waals surface area contributed by atoms with Crippen LogP contribution in [-0.4, -0.2) is 18.5 Å². The van der Waals surface area contributed by atoms with Crippen molar-refractivity contribution in [1.29, 1.82) is 0 Å². The van der Waals surface area contributed by atoms with Crippen molar-refractivity contribution in [2.45, 2.75) is 19.4 Å². The minimum Gasteiger partial charge on any atom is -0.454 e. The van der Waals surface area contributed by atoms with Crippen LogP contribution in [0.2, 0.25) is 5.02 Å². The van der Waals surface area contributed by atoms with E-state index in [0.717, 1.165) is 17.5 Å². The van der Waals surface area contributed by atoms with E-state index in [1.807, 2.05) is 6.92 Å². The van der Waals surface area contributed by atoms with Crippen molar-refractivity contribution >= 4 is 11.6 Å². The Balaban J connectivity index is 2.56. The summed E-state index contributed by atoms with van der Waals surface area (Å²) in [5.74, 6) is 1.17. The first kappa shape index (κ1) is 11.5. The number of fused-ring (bicyclic) bond motifs is 1. The van der Waals surface area contributed by atoms with Gasteiger partial charge in [0, 0.05) is 0 Å². The molecule has 1 unspecified atom stereocenters. The van der Waals surface area contributed by atoms with Crippen LogP contribution in [-0.2, 0) is 6.42 Å². The first-order valence-corrected chi connectivity index (χ1v) is 5.54. The highest BCUT2D eigenvalue weighted by Crippen LogP contribution is 2.44. The Morgan fingerprint density at radius 2 is 2.31 bits per heavy atom. The normalized spacial score (nSPS) is 15.2. The van der Waals surface area contributed by atoms with Gasteiger partial charge >= 0.3 is 0 Å². The number of aliphatic hydroxyl groups is 1. The van der Waals surface area contributed by atoms with Crippen molar-refractivity contribution < 1.29 is 14.6 Å². The molecular weight excluding hydrogens is 230 g/mol. The quantitative estimate of drug-likeness (QED) is 0.847. The van der Waals surface area contributed by atoms with Crippen molar-refractivity contribution in [1.82, 2.24) is 0 Å². The van der Waals surface area contributed by atoms with Gasteiger partial charge in [-0.3, -0.25) is 0 Å². The largest absolute Gasteiger partial charge is 0.454 e. The van der Waals surface area contributed by atoms with Gasteiger partial charge in [0.15, 0.2) is 11.5 Å². The van der Waals surface area contributed by atoms with Crippen LogP contribution in [0.15, 0.2) is 6.07 Å². The van der Waals surface area contributed by atoms with Crippen molar-refractivity contribution in [3.05, 3.63) is 22.2 Å². The molecule has 88 valence electrons. The van der Waals surface area contributed by atoms with Gasteiger partial charge in [0.2, 0.25) is 6.79 Å². The van der Waals surface area contributed by atoms with Crippen molar-refractivity contribution in [3.8, 4) is 11.5 Å². The summed E-state index contributed by atoms with van der Waals surface area (Å²) in [5.41, 5.74) is 7.56. The van der Waals surface area contributed by atoms with Gasteiger partial charge in [-0.2, -0.15) is 0 Å². The van der Waals surface area contributed by atoms with Crippen molar-refractivity contribution in [3.63, 3.8) is 0 Å². The Hall–Kier alpha value is -0.970. The summed E-state index contributed by atoms with van der Waals surface area (Å²) in [7, 11) is 0. The summed E-state index contributed by atoms with van der Waals surface area (Å²) in [6, 6.07) is 1.36. The van der Waals surface area contributed by atoms with Crippen LogP contribution < -0.4 is 15.2 Å². The average molecular weight is 244 g/mol. The lowest BCUT2D eigenvalue weighted by molar-refractivity contribution is 0.174. The summed E-state index contributed by atoms with van der Waals surface area (Å²) in [6.45, 7) is 2.04. The van der Waals surface area contributed by atoms with Gasteiger partial charge in [0.25, 0.3) is 0 Å². The number of halogens is 1. The van der Waals surface area contributed by atoms with Crippen LogP contribution in [0, 0.1) is 0 Å². The third-order valence-corrected chi connectivity index (χ3v) is 3.09. The molecule has 1 aliphatic heterocycles. The highest BCUT2D eigenvalue weighted by atomic mass is 35.5. The van der Waals surface area contributed by atoms with Crippen LogP contribution in [0.3, 0.4) is 0 Å². The average Bonchev–Trinajstić information content (AvgIpc) is 2.76. The van der Waals surface area contributed by atoms with E-state index < -0.39 is 6.04 Å². The first-order chi connectivity index (χ1) is 7.69. The zero-order valence-electron chi connectivity index (χ0n) is 9.00. The Kier molecular flexibility index (Phi) is 3.23. The molecule has 0 aliphatic carbocycles. The highest BCUT2D eigenvalue weighted by molar-refractivity contribution is 6.33. The highest BCUT2D eigenvalue weighted by Gasteiger charge is 2.24. The standard InChI is InChI=1S/C11H14ClNO3/c1-2-6-7(8(13)4-14)3-9-11(10(6)12)16-5-15-9/h3,8,14H,2,4-5,13H2,1H3. The van der Waals surface area contributed by atoms with Crippen LogP contribution >= 0.6 is 11.6 Å². The zero-order valence-corrected chi connectivity index (χ0v) is 9.75. The van der Waals surface area contributed by atoms with E-state index in [0.29, 0.717) is 16.5 Å². The summed E-state index contributed by atoms with van der Waals surface area (Å²) in [4.78, 5) is 0. The minimum absolute atomic E-state index is 0.122. The fourth-order valence-electron chi connectivity index (χ4n) is 1.85. The maximum atomic E-state index is 9.11. The van der Waals surface area contributed by atoms with Gasteiger partial charge in [-0.15, -0.1) is 0 Å². The number of hydrogen-bond donors (Lipinski definition) is 2. The van der Waals surface area contributed by atoms with Gasteiger partial charge in [0.1, 0.15) is 0 Å². The maximum Gasteiger partial charge on any atom is 0.231 e. The summed E-state index contributed by atoms with van der Waals surface area (Å²) >= 11 is 6.22. The second-order valence-corrected chi connectivity index (χ2v) is 4.01. The van der Waals surface area contributed by atoms with E-state index in [1.54, 1.807) is 6.07 Å². The van der Waals surface area contributed by atoms with Crippen LogP contribution in [0.25, 0.3) is 0 Å². The number of rotatable bonds is 3. The predicted molar refractivity (Wildman–Crippen MR) is 61.0 cm³/mol. The fraction of sp³-hybridized carbons (Fsp3) is 0.455. The molecule has 5 heteroatoms. The molecule has 0 spiro atoms. The molecule has 16 heavy (non-hydrogen) atoms. The van der Waals surface area contributed by atoms with E-state index in [9.17, 15) is 0 Å². The topological polar surface area (TPSA) is 64.7 Å². The molecule has 0 amide bonds. The molecule has 0 fully saturated rings. The predicted octanol–water partition coefficient (Wildman–Crippen LogP) is 1.62. The van der Waals surface area contributed by atoms with Gasteiger partial charge in [-0.1, -0.05) is 18.5 Å². The summed E-state index contributed by atoms with van der Waals surface area (Å²) < 4.78 is 10.6. The second kappa shape index (κ2) is 4.49. The Bertz CT molecular complexity index is 409. The monoisotopic (exact) mass is 243 g/mol. The molecule has 3 N–H and O–H groups in total. The van der Waals surface area contributed by atoms with Gasteiger partial charge < -0.3 is 20.3 Å². The number of aliphatic hydroxyl groups excluding tert-OH is 1. The molecular formula is C11H14ClNO3. The van der Waals surface area contributed by atoms with Gasteiger partial charge in [-0.25, -0.2) is 0 Å². The fourth-order valence-corrected chi connectivity index (χ4v) is 2.24. The molecule has 4 nitrogen and oxygen atoms in total. The number of nitrogens with two attached hydrogens (primary N) is 1. The van der Waals surface area contributed by atoms with E-state index >= 15 is 0 Å². The summed E-state index contributed by atoms with van der Waals surface area (Å²) in [6.07, 6.45) is 0.735. The summed E-state index contributed by atoms with van der Waals surface area (Å²) in [5, 5.41) is 9.65. The third kappa shape index (κ3) is 1.73. The molecule has 1 heterocycles. The van der Waals surface area contributed by atoms with E-state index in [-0.39, 0.29) is 13.4 Å². The smallest absolute Gasteiger partial charge is 0.231 e. The van der Waals surface area contributed by atoms with E-state index in [4.69, 9.17) is 31.9 Å². The number of ether oxygens (including phenoxy) is 2. The lowest BCUT2D eigenvalue weighted by atomic mass is 9.98. The molecule has 1 atom stereocenters. The van der Waals surface area contributed by atoms with E-state index in [1.165, 1.54) is 0 Å². The lowest BCUT2D eigenvalue weighted by Crippen LogP contribution is -2.16. The molecule has 2 rings (SSSR count). The van der Waals surface area contributed by atoms with Crippen LogP contribution in [0.4, 0.5) is 0 Å². The molecule has 0 saturated heterocycles. The maximum absolute atomic E-state index is 9.11. The zero-order chi connectivity index (χ0) is 11.7. The van der Waals surface area contributed by atoms with Crippen LogP contribution in [0.5, 0.6) is 11.5 Å². The molecule has 1 aliphatic rings. The number of benzene rings is 1. The van der Waals surface area contributed by atoms with Crippen LogP contribution in [0.1, 0.15) is 24.1 Å². The van der Waals surface area contributed by atoms with E-state index in [2.05, 4.69) is 0 Å². The molecule has 0 radical (unpaired) electrons. The molecule has 1 aromatic carbocycles. The van der Waals surface area contributed by atoms with Crippen molar-refractivity contribution in [2.75, 3.05) is 13.4 Å². The Morgan fingerprint density at radius 1 is 1.56 bits per heavy atom. The molecule has 0 aromatic heterocycles. The van der Waals surface area contributed by atoms with Crippen molar-refractivity contribution in [2.24, 2.45) is 5.73 Å². The molecule has 0 saturated carbocycles. The molecule has 1 aromatic rings. The first-order valence-electron chi connectivity index (χ1n) is 5.16.